The van der Waals surface area contributed by atoms with Gasteiger partial charge in [0.25, 0.3) is 0 Å². The van der Waals surface area contributed by atoms with E-state index >= 15 is 0 Å². The van der Waals surface area contributed by atoms with E-state index in [0.717, 1.165) is 44.0 Å². The summed E-state index contributed by atoms with van der Waals surface area (Å²) in [5.74, 6) is 1.01. The molecule has 0 N–H and O–H groups in total. The van der Waals surface area contributed by atoms with Crippen molar-refractivity contribution in [3.8, 4) is 5.75 Å². The van der Waals surface area contributed by atoms with E-state index in [1.165, 1.54) is 5.56 Å². The van der Waals surface area contributed by atoms with Crippen molar-refractivity contribution in [1.82, 2.24) is 9.80 Å². The van der Waals surface area contributed by atoms with Crippen LogP contribution in [0.3, 0.4) is 0 Å². The van der Waals surface area contributed by atoms with E-state index < -0.39 is 0 Å². The fourth-order valence-corrected chi connectivity index (χ4v) is 3.08. The minimum Gasteiger partial charge on any atom is -0.494 e. The summed E-state index contributed by atoms with van der Waals surface area (Å²) >= 11 is 0. The fourth-order valence-electron chi connectivity index (χ4n) is 3.08. The maximum atomic E-state index is 12.3. The molecular formula is C22H26N2O2. The smallest absolute Gasteiger partial charge is 0.246 e. The fraction of sp³-hybridized carbons (Fsp3) is 0.318. The van der Waals surface area contributed by atoms with Gasteiger partial charge in [-0.3, -0.25) is 9.69 Å². The largest absolute Gasteiger partial charge is 0.494 e. The number of nitrogens with zero attached hydrogens (tertiary/aromatic N) is 2. The van der Waals surface area contributed by atoms with Crippen LogP contribution in [0.1, 0.15) is 18.1 Å². The molecule has 1 fully saturated rings. The highest BCUT2D eigenvalue weighted by atomic mass is 16.5. The Kier molecular flexibility index (Phi) is 6.45. The molecule has 136 valence electrons. The van der Waals surface area contributed by atoms with Gasteiger partial charge in [-0.05, 0) is 36.3 Å². The summed E-state index contributed by atoms with van der Waals surface area (Å²) in [5.41, 5.74) is 2.33. The lowest BCUT2D eigenvalue weighted by Crippen LogP contribution is -2.47. The Morgan fingerprint density at radius 2 is 1.69 bits per heavy atom. The zero-order valence-electron chi connectivity index (χ0n) is 15.3. The Bertz CT molecular complexity index is 718. The molecule has 0 spiro atoms. The van der Waals surface area contributed by atoms with Gasteiger partial charge in [0.15, 0.2) is 0 Å². The Morgan fingerprint density at radius 1 is 1.00 bits per heavy atom. The molecule has 0 atom stereocenters. The van der Waals surface area contributed by atoms with E-state index in [0.29, 0.717) is 6.61 Å². The molecule has 0 aromatic heterocycles. The van der Waals surface area contributed by atoms with Crippen molar-refractivity contribution in [1.29, 1.82) is 0 Å². The highest BCUT2D eigenvalue weighted by molar-refractivity contribution is 5.91. The SMILES string of the molecule is CCOc1ccc(CN2CCN(C(=O)/C=C/c3ccccc3)CC2)cc1. The van der Waals surface area contributed by atoms with Crippen LogP contribution in [0.25, 0.3) is 6.08 Å². The van der Waals surface area contributed by atoms with Crippen molar-refractivity contribution < 1.29 is 9.53 Å². The molecule has 4 heteroatoms. The van der Waals surface area contributed by atoms with E-state index in [-0.39, 0.29) is 5.91 Å². The molecule has 1 heterocycles. The predicted molar refractivity (Wildman–Crippen MR) is 105 cm³/mol. The first-order valence-corrected chi connectivity index (χ1v) is 9.21. The summed E-state index contributed by atoms with van der Waals surface area (Å²) in [6.45, 7) is 6.94. The normalized spacial score (nSPS) is 15.3. The number of carbonyl (C=O) groups excluding carboxylic acids is 1. The molecule has 0 unspecified atom stereocenters. The first-order chi connectivity index (χ1) is 12.7. The van der Waals surface area contributed by atoms with E-state index in [4.69, 9.17) is 4.74 Å². The molecule has 1 amide bonds. The summed E-state index contributed by atoms with van der Waals surface area (Å²) in [4.78, 5) is 16.7. The van der Waals surface area contributed by atoms with Gasteiger partial charge in [-0.15, -0.1) is 0 Å². The number of ether oxygens (including phenoxy) is 1. The van der Waals surface area contributed by atoms with Gasteiger partial charge in [-0.25, -0.2) is 0 Å². The third-order valence-corrected chi connectivity index (χ3v) is 4.54. The third kappa shape index (κ3) is 5.20. The average molecular weight is 350 g/mol. The van der Waals surface area contributed by atoms with Gasteiger partial charge < -0.3 is 9.64 Å². The molecule has 2 aromatic rings. The number of hydrogen-bond acceptors (Lipinski definition) is 3. The summed E-state index contributed by atoms with van der Waals surface area (Å²) in [5, 5.41) is 0. The monoisotopic (exact) mass is 350 g/mol. The number of carbonyl (C=O) groups is 1. The predicted octanol–water partition coefficient (Wildman–Crippen LogP) is 3.44. The molecule has 26 heavy (non-hydrogen) atoms. The van der Waals surface area contributed by atoms with Crippen LogP contribution in [-0.2, 0) is 11.3 Å². The lowest BCUT2D eigenvalue weighted by molar-refractivity contribution is -0.127. The van der Waals surface area contributed by atoms with Crippen LogP contribution in [0.4, 0.5) is 0 Å². The van der Waals surface area contributed by atoms with Gasteiger partial charge in [0.05, 0.1) is 6.61 Å². The van der Waals surface area contributed by atoms with Crippen LogP contribution < -0.4 is 4.74 Å². The molecular weight excluding hydrogens is 324 g/mol. The van der Waals surface area contributed by atoms with Crippen molar-refractivity contribution in [2.45, 2.75) is 13.5 Å². The average Bonchev–Trinajstić information content (AvgIpc) is 2.69. The van der Waals surface area contributed by atoms with Crippen molar-refractivity contribution in [2.75, 3.05) is 32.8 Å². The van der Waals surface area contributed by atoms with Crippen molar-refractivity contribution in [3.05, 3.63) is 71.8 Å². The molecule has 1 saturated heterocycles. The van der Waals surface area contributed by atoms with Crippen LogP contribution in [0, 0.1) is 0 Å². The van der Waals surface area contributed by atoms with Gasteiger partial charge in [0, 0.05) is 38.8 Å². The summed E-state index contributed by atoms with van der Waals surface area (Å²) in [6, 6.07) is 18.2. The van der Waals surface area contributed by atoms with Gasteiger partial charge in [0.2, 0.25) is 5.91 Å². The highest BCUT2D eigenvalue weighted by Crippen LogP contribution is 2.15. The standard InChI is InChI=1S/C22H26N2O2/c1-2-26-21-11-8-20(9-12-21)18-23-14-16-24(17-15-23)22(25)13-10-19-6-4-3-5-7-19/h3-13H,2,14-18H2,1H3/b13-10+. The third-order valence-electron chi connectivity index (χ3n) is 4.54. The molecule has 3 rings (SSSR count). The number of hydrogen-bond donors (Lipinski definition) is 0. The molecule has 4 nitrogen and oxygen atoms in total. The van der Waals surface area contributed by atoms with Crippen molar-refractivity contribution in [2.24, 2.45) is 0 Å². The Balaban J connectivity index is 1.46. The number of benzene rings is 2. The minimum atomic E-state index is 0.0922. The lowest BCUT2D eigenvalue weighted by atomic mass is 10.2. The van der Waals surface area contributed by atoms with E-state index in [1.807, 2.05) is 60.4 Å². The number of piperazine rings is 1. The highest BCUT2D eigenvalue weighted by Gasteiger charge is 2.19. The van der Waals surface area contributed by atoms with Gasteiger partial charge in [-0.1, -0.05) is 42.5 Å². The van der Waals surface area contributed by atoms with Gasteiger partial charge in [0.1, 0.15) is 5.75 Å². The van der Waals surface area contributed by atoms with E-state index in [9.17, 15) is 4.79 Å². The minimum absolute atomic E-state index is 0.0922. The number of rotatable bonds is 6. The topological polar surface area (TPSA) is 32.8 Å². The quantitative estimate of drug-likeness (QED) is 0.748. The van der Waals surface area contributed by atoms with Crippen LogP contribution >= 0.6 is 0 Å². The van der Waals surface area contributed by atoms with Crippen LogP contribution in [0.2, 0.25) is 0 Å². The maximum absolute atomic E-state index is 12.3. The van der Waals surface area contributed by atoms with Gasteiger partial charge in [-0.2, -0.15) is 0 Å². The van der Waals surface area contributed by atoms with Crippen molar-refractivity contribution >= 4 is 12.0 Å². The lowest BCUT2D eigenvalue weighted by Gasteiger charge is -2.34. The zero-order valence-corrected chi connectivity index (χ0v) is 15.3. The van der Waals surface area contributed by atoms with Gasteiger partial charge >= 0.3 is 0 Å². The molecule has 0 radical (unpaired) electrons. The molecule has 0 aliphatic carbocycles. The first kappa shape index (κ1) is 18.2. The van der Waals surface area contributed by atoms with E-state index in [2.05, 4.69) is 17.0 Å². The molecule has 0 bridgehead atoms. The van der Waals surface area contributed by atoms with Crippen LogP contribution in [-0.4, -0.2) is 48.5 Å². The second-order valence-electron chi connectivity index (χ2n) is 6.42. The Hall–Kier alpha value is -2.59. The second-order valence-corrected chi connectivity index (χ2v) is 6.42. The number of amides is 1. The zero-order chi connectivity index (χ0) is 18.2. The summed E-state index contributed by atoms with van der Waals surface area (Å²) in [7, 11) is 0. The summed E-state index contributed by atoms with van der Waals surface area (Å²) in [6.07, 6.45) is 3.56. The van der Waals surface area contributed by atoms with Crippen LogP contribution in [0.5, 0.6) is 5.75 Å². The first-order valence-electron chi connectivity index (χ1n) is 9.21. The summed E-state index contributed by atoms with van der Waals surface area (Å²) < 4.78 is 5.48. The Morgan fingerprint density at radius 3 is 2.35 bits per heavy atom. The molecule has 0 saturated carbocycles. The molecule has 1 aliphatic rings. The van der Waals surface area contributed by atoms with E-state index in [1.54, 1.807) is 6.08 Å². The second kappa shape index (κ2) is 9.20. The Labute approximate surface area is 155 Å². The van der Waals surface area contributed by atoms with Crippen LogP contribution in [0.15, 0.2) is 60.7 Å². The molecule has 2 aromatic carbocycles. The maximum Gasteiger partial charge on any atom is 0.246 e. The molecule has 1 aliphatic heterocycles. The van der Waals surface area contributed by atoms with Crippen molar-refractivity contribution in [3.63, 3.8) is 0 Å².